The first-order valence-corrected chi connectivity index (χ1v) is 5.08. The number of allylic oxidation sites excluding steroid dienone is 3. The highest BCUT2D eigenvalue weighted by atomic mass is 16.2. The lowest BCUT2D eigenvalue weighted by molar-refractivity contribution is -0.141. The van der Waals surface area contributed by atoms with Gasteiger partial charge in [-0.25, -0.2) is 5.01 Å². The largest absolute Gasteiger partial charge is 0.295 e. The summed E-state index contributed by atoms with van der Waals surface area (Å²) in [6, 6.07) is -0.724. The number of hydrazone groups is 1. The Balaban J connectivity index is 2.67. The van der Waals surface area contributed by atoms with Crippen LogP contribution in [0.25, 0.3) is 0 Å². The first-order valence-electron chi connectivity index (χ1n) is 5.08. The lowest BCUT2D eigenvalue weighted by Gasteiger charge is -2.25. The maximum atomic E-state index is 11.5. The van der Waals surface area contributed by atoms with Crippen LogP contribution in [0.5, 0.6) is 0 Å². The second kappa shape index (κ2) is 6.37. The summed E-state index contributed by atoms with van der Waals surface area (Å²) in [7, 11) is 0. The zero-order valence-corrected chi connectivity index (χ0v) is 9.20. The van der Waals surface area contributed by atoms with Crippen LogP contribution in [0.2, 0.25) is 0 Å². The molecular formula is C11H13N3O3. The summed E-state index contributed by atoms with van der Waals surface area (Å²) in [5.74, 6) is -0.828. The number of carbonyl (C=O) groups excluding carboxylic acids is 3. The molecule has 1 rings (SSSR count). The van der Waals surface area contributed by atoms with Gasteiger partial charge in [-0.15, -0.1) is 0 Å². The Morgan fingerprint density at radius 3 is 2.76 bits per heavy atom. The number of hydrogen-bond donors (Lipinski definition) is 1. The van der Waals surface area contributed by atoms with Crippen LogP contribution in [0.4, 0.5) is 0 Å². The molecule has 0 saturated carbocycles. The van der Waals surface area contributed by atoms with Gasteiger partial charge in [0.25, 0.3) is 5.91 Å². The van der Waals surface area contributed by atoms with E-state index in [2.05, 4.69) is 17.0 Å². The molecule has 1 N–H and O–H groups in total. The number of rotatable bonds is 5. The van der Waals surface area contributed by atoms with Crippen molar-refractivity contribution in [3.63, 3.8) is 0 Å². The van der Waals surface area contributed by atoms with E-state index in [1.54, 1.807) is 18.2 Å². The number of nitrogens with one attached hydrogen (secondary N) is 1. The van der Waals surface area contributed by atoms with E-state index in [1.165, 1.54) is 6.21 Å². The molecule has 1 aliphatic rings. The SMILES string of the molecule is C=CC=CC=NN(C=O)C1CCC(=O)NC1=O. The van der Waals surface area contributed by atoms with E-state index < -0.39 is 11.9 Å². The molecule has 1 saturated heterocycles. The Kier molecular flexibility index (Phi) is 4.80. The summed E-state index contributed by atoms with van der Waals surface area (Å²) in [4.78, 5) is 33.2. The molecule has 1 fully saturated rings. The van der Waals surface area contributed by atoms with Gasteiger partial charge in [0.2, 0.25) is 12.3 Å². The highest BCUT2D eigenvalue weighted by Crippen LogP contribution is 2.10. The van der Waals surface area contributed by atoms with Gasteiger partial charge in [0, 0.05) is 12.6 Å². The van der Waals surface area contributed by atoms with Crippen LogP contribution in [0, 0.1) is 0 Å². The van der Waals surface area contributed by atoms with Gasteiger partial charge in [-0.3, -0.25) is 19.7 Å². The molecule has 0 radical (unpaired) electrons. The molecular weight excluding hydrogens is 222 g/mol. The molecule has 0 aromatic carbocycles. The summed E-state index contributed by atoms with van der Waals surface area (Å²) in [5, 5.41) is 6.97. The van der Waals surface area contributed by atoms with Crippen molar-refractivity contribution in [2.75, 3.05) is 0 Å². The van der Waals surface area contributed by atoms with Crippen molar-refractivity contribution in [3.05, 3.63) is 24.8 Å². The van der Waals surface area contributed by atoms with Gasteiger partial charge in [-0.1, -0.05) is 18.7 Å². The highest BCUT2D eigenvalue weighted by Gasteiger charge is 2.30. The van der Waals surface area contributed by atoms with Gasteiger partial charge in [0.15, 0.2) is 0 Å². The van der Waals surface area contributed by atoms with Crippen molar-refractivity contribution in [1.82, 2.24) is 10.3 Å². The zero-order valence-electron chi connectivity index (χ0n) is 9.20. The maximum absolute atomic E-state index is 11.5. The fourth-order valence-electron chi connectivity index (χ4n) is 1.36. The Labute approximate surface area is 98.7 Å². The average Bonchev–Trinajstić information content (AvgIpc) is 2.31. The van der Waals surface area contributed by atoms with Crippen LogP contribution in [-0.2, 0) is 14.4 Å². The Morgan fingerprint density at radius 1 is 1.41 bits per heavy atom. The standard InChI is InChI=1S/C11H13N3O3/c1-2-3-4-7-12-14(8-15)9-5-6-10(16)13-11(9)17/h2-4,7-9H,1,5-6H2,(H,13,16,17). The van der Waals surface area contributed by atoms with Crippen LogP contribution < -0.4 is 5.32 Å². The van der Waals surface area contributed by atoms with Crippen LogP contribution in [0.3, 0.4) is 0 Å². The van der Waals surface area contributed by atoms with E-state index in [0.29, 0.717) is 6.41 Å². The topological polar surface area (TPSA) is 78.8 Å². The number of carbonyl (C=O) groups is 3. The van der Waals surface area contributed by atoms with Crippen molar-refractivity contribution >= 4 is 24.4 Å². The molecule has 0 bridgehead atoms. The van der Waals surface area contributed by atoms with Crippen molar-refractivity contribution in [2.24, 2.45) is 5.10 Å². The van der Waals surface area contributed by atoms with E-state index in [9.17, 15) is 14.4 Å². The van der Waals surface area contributed by atoms with E-state index in [0.717, 1.165) is 5.01 Å². The lowest BCUT2D eigenvalue weighted by atomic mass is 10.1. The Hall–Kier alpha value is -2.24. The highest BCUT2D eigenvalue weighted by molar-refractivity contribution is 6.00. The molecule has 0 aromatic rings. The fourth-order valence-corrected chi connectivity index (χ4v) is 1.36. The molecule has 90 valence electrons. The van der Waals surface area contributed by atoms with Crippen molar-refractivity contribution in [2.45, 2.75) is 18.9 Å². The molecule has 1 unspecified atom stereocenters. The molecule has 6 nitrogen and oxygen atoms in total. The molecule has 0 aromatic heterocycles. The third-order valence-corrected chi connectivity index (χ3v) is 2.17. The molecule has 1 atom stereocenters. The first kappa shape index (κ1) is 12.8. The minimum absolute atomic E-state index is 0.207. The fraction of sp³-hybridized carbons (Fsp3) is 0.273. The van der Waals surface area contributed by atoms with E-state index in [-0.39, 0.29) is 18.7 Å². The monoisotopic (exact) mass is 235 g/mol. The molecule has 6 heteroatoms. The molecule has 1 heterocycles. The smallest absolute Gasteiger partial charge is 0.251 e. The van der Waals surface area contributed by atoms with Gasteiger partial charge in [0.05, 0.1) is 0 Å². The van der Waals surface area contributed by atoms with E-state index in [1.807, 2.05) is 0 Å². The van der Waals surface area contributed by atoms with Crippen LogP contribution >= 0.6 is 0 Å². The molecule has 17 heavy (non-hydrogen) atoms. The number of hydrogen-bond acceptors (Lipinski definition) is 4. The van der Waals surface area contributed by atoms with E-state index >= 15 is 0 Å². The molecule has 0 spiro atoms. The predicted octanol–water partition coefficient (Wildman–Crippen LogP) is -0.0220. The van der Waals surface area contributed by atoms with Crippen molar-refractivity contribution in [1.29, 1.82) is 0 Å². The number of imide groups is 1. The van der Waals surface area contributed by atoms with Gasteiger partial charge in [-0.2, -0.15) is 5.10 Å². The minimum atomic E-state index is -0.724. The molecule has 0 aliphatic carbocycles. The quantitative estimate of drug-likeness (QED) is 0.239. The predicted molar refractivity (Wildman–Crippen MR) is 61.9 cm³/mol. The first-order chi connectivity index (χ1) is 8.19. The summed E-state index contributed by atoms with van der Waals surface area (Å²) >= 11 is 0. The normalized spacial score (nSPS) is 20.6. The second-order valence-corrected chi connectivity index (χ2v) is 3.34. The second-order valence-electron chi connectivity index (χ2n) is 3.34. The molecule has 1 aliphatic heterocycles. The maximum Gasteiger partial charge on any atom is 0.251 e. The summed E-state index contributed by atoms with van der Waals surface area (Å²) in [5.41, 5.74) is 0. The van der Waals surface area contributed by atoms with Gasteiger partial charge < -0.3 is 0 Å². The Bertz CT molecular complexity index is 387. The number of amides is 3. The summed E-state index contributed by atoms with van der Waals surface area (Å²) in [6.07, 6.45) is 7.10. The van der Waals surface area contributed by atoms with E-state index in [4.69, 9.17) is 0 Å². The van der Waals surface area contributed by atoms with Crippen LogP contribution in [0.1, 0.15) is 12.8 Å². The van der Waals surface area contributed by atoms with Crippen LogP contribution in [-0.4, -0.2) is 35.5 Å². The van der Waals surface area contributed by atoms with Crippen LogP contribution in [0.15, 0.2) is 29.9 Å². The zero-order chi connectivity index (χ0) is 12.7. The van der Waals surface area contributed by atoms with Crippen molar-refractivity contribution in [3.8, 4) is 0 Å². The van der Waals surface area contributed by atoms with Gasteiger partial charge >= 0.3 is 0 Å². The van der Waals surface area contributed by atoms with Gasteiger partial charge in [0.1, 0.15) is 6.04 Å². The minimum Gasteiger partial charge on any atom is -0.295 e. The Morgan fingerprint density at radius 2 is 2.18 bits per heavy atom. The molecule has 3 amide bonds. The summed E-state index contributed by atoms with van der Waals surface area (Å²) in [6.45, 7) is 3.47. The lowest BCUT2D eigenvalue weighted by Crippen LogP contribution is -2.50. The number of piperidine rings is 1. The third kappa shape index (κ3) is 3.67. The van der Waals surface area contributed by atoms with Crippen molar-refractivity contribution < 1.29 is 14.4 Å². The summed E-state index contributed by atoms with van der Waals surface area (Å²) < 4.78 is 0. The average molecular weight is 235 g/mol. The third-order valence-electron chi connectivity index (χ3n) is 2.17. The number of nitrogens with zero attached hydrogens (tertiary/aromatic N) is 2. The van der Waals surface area contributed by atoms with Gasteiger partial charge in [-0.05, 0) is 12.5 Å².